The van der Waals surface area contributed by atoms with Gasteiger partial charge in [-0.25, -0.2) is 4.98 Å². The van der Waals surface area contributed by atoms with E-state index in [9.17, 15) is 0 Å². The molecule has 18 heavy (non-hydrogen) atoms. The van der Waals surface area contributed by atoms with Crippen molar-refractivity contribution >= 4 is 0 Å². The van der Waals surface area contributed by atoms with Gasteiger partial charge in [-0.15, -0.1) is 0 Å². The Balaban J connectivity index is 1.79. The summed E-state index contributed by atoms with van der Waals surface area (Å²) in [4.78, 5) is 4.81. The number of aromatic nitrogens is 3. The van der Waals surface area contributed by atoms with Gasteiger partial charge in [-0.05, 0) is 25.7 Å². The summed E-state index contributed by atoms with van der Waals surface area (Å²) in [6.07, 6.45) is 11.4. The molecule has 2 aliphatic carbocycles. The second kappa shape index (κ2) is 5.00. The fraction of sp³-hybridized carbons (Fsp3) is 0.857. The molecule has 2 saturated carbocycles. The minimum absolute atomic E-state index is 0.0728. The molecule has 0 amide bonds. The van der Waals surface area contributed by atoms with Crippen molar-refractivity contribution in [2.45, 2.75) is 69.1 Å². The van der Waals surface area contributed by atoms with Gasteiger partial charge in [0.05, 0.1) is 0 Å². The highest BCUT2D eigenvalue weighted by molar-refractivity contribution is 5.13. The van der Waals surface area contributed by atoms with E-state index in [1.807, 2.05) is 0 Å². The van der Waals surface area contributed by atoms with Gasteiger partial charge in [0.1, 0.15) is 5.82 Å². The third-order valence-electron chi connectivity index (χ3n) is 4.92. The van der Waals surface area contributed by atoms with Gasteiger partial charge in [0, 0.05) is 17.9 Å². The quantitative estimate of drug-likeness (QED) is 0.864. The van der Waals surface area contributed by atoms with Crippen LogP contribution in [0.2, 0.25) is 0 Å². The van der Waals surface area contributed by atoms with Gasteiger partial charge in [0.2, 0.25) is 0 Å². The van der Waals surface area contributed by atoms with Crippen molar-refractivity contribution in [2.24, 2.45) is 5.73 Å². The van der Waals surface area contributed by atoms with E-state index in [1.54, 1.807) is 0 Å². The van der Waals surface area contributed by atoms with Gasteiger partial charge < -0.3 is 5.73 Å². The van der Waals surface area contributed by atoms with Crippen LogP contribution in [-0.2, 0) is 5.41 Å². The SMILES string of the molecule is NCC1(c2n[nH]c(C3CCCCC3)n2)CCCC1. The zero-order chi connectivity index (χ0) is 12.4. The van der Waals surface area contributed by atoms with Crippen LogP contribution >= 0.6 is 0 Å². The number of nitrogens with two attached hydrogens (primary N) is 1. The highest BCUT2D eigenvalue weighted by atomic mass is 15.2. The van der Waals surface area contributed by atoms with Crippen molar-refractivity contribution in [3.05, 3.63) is 11.6 Å². The van der Waals surface area contributed by atoms with E-state index in [1.165, 1.54) is 44.9 Å². The number of rotatable bonds is 3. The lowest BCUT2D eigenvalue weighted by Gasteiger charge is -2.23. The molecule has 3 N–H and O–H groups in total. The van der Waals surface area contributed by atoms with Gasteiger partial charge in [-0.3, -0.25) is 5.10 Å². The molecule has 2 aliphatic rings. The average Bonchev–Trinajstić information content (AvgIpc) is 3.09. The van der Waals surface area contributed by atoms with Crippen molar-refractivity contribution in [1.29, 1.82) is 0 Å². The normalized spacial score (nSPS) is 24.5. The van der Waals surface area contributed by atoms with Crippen LogP contribution in [0, 0.1) is 0 Å². The lowest BCUT2D eigenvalue weighted by atomic mass is 9.85. The van der Waals surface area contributed by atoms with Gasteiger partial charge in [0.15, 0.2) is 5.82 Å². The largest absolute Gasteiger partial charge is 0.329 e. The van der Waals surface area contributed by atoms with E-state index in [2.05, 4.69) is 10.2 Å². The maximum Gasteiger partial charge on any atom is 0.158 e. The molecule has 1 aromatic heterocycles. The molecule has 0 bridgehead atoms. The van der Waals surface area contributed by atoms with Crippen LogP contribution in [-0.4, -0.2) is 21.7 Å². The number of nitrogens with zero attached hydrogens (tertiary/aromatic N) is 2. The molecule has 0 spiro atoms. The van der Waals surface area contributed by atoms with Crippen molar-refractivity contribution in [2.75, 3.05) is 6.54 Å². The molecule has 4 heteroatoms. The molecule has 0 radical (unpaired) electrons. The summed E-state index contributed by atoms with van der Waals surface area (Å²) in [5.41, 5.74) is 6.07. The van der Waals surface area contributed by atoms with Crippen LogP contribution in [0.3, 0.4) is 0 Å². The zero-order valence-electron chi connectivity index (χ0n) is 11.1. The summed E-state index contributed by atoms with van der Waals surface area (Å²) in [5, 5.41) is 7.70. The fourth-order valence-corrected chi connectivity index (χ4v) is 3.64. The highest BCUT2D eigenvalue weighted by Gasteiger charge is 2.38. The number of H-pyrrole nitrogens is 1. The third kappa shape index (κ3) is 2.07. The van der Waals surface area contributed by atoms with Crippen LogP contribution in [0.5, 0.6) is 0 Å². The molecule has 0 saturated heterocycles. The Morgan fingerprint density at radius 1 is 1.11 bits per heavy atom. The van der Waals surface area contributed by atoms with Gasteiger partial charge >= 0.3 is 0 Å². The molecule has 0 aliphatic heterocycles. The Kier molecular flexibility index (Phi) is 3.37. The molecular weight excluding hydrogens is 224 g/mol. The van der Waals surface area contributed by atoms with E-state index in [0.717, 1.165) is 24.5 Å². The minimum Gasteiger partial charge on any atom is -0.329 e. The lowest BCUT2D eigenvalue weighted by Crippen LogP contribution is -2.33. The Morgan fingerprint density at radius 2 is 1.83 bits per heavy atom. The minimum atomic E-state index is 0.0728. The van der Waals surface area contributed by atoms with Crippen LogP contribution in [0.25, 0.3) is 0 Å². The van der Waals surface area contributed by atoms with Crippen molar-refractivity contribution in [3.63, 3.8) is 0 Å². The summed E-state index contributed by atoms with van der Waals surface area (Å²) in [7, 11) is 0. The number of hydrogen-bond donors (Lipinski definition) is 2. The summed E-state index contributed by atoms with van der Waals surface area (Å²) in [5.74, 6) is 2.71. The first-order chi connectivity index (χ1) is 8.84. The smallest absolute Gasteiger partial charge is 0.158 e. The van der Waals surface area contributed by atoms with Crippen LogP contribution in [0.4, 0.5) is 0 Å². The first-order valence-corrected chi connectivity index (χ1v) is 7.47. The molecule has 1 heterocycles. The van der Waals surface area contributed by atoms with E-state index < -0.39 is 0 Å². The predicted octanol–water partition coefficient (Wildman–Crippen LogP) is 2.62. The monoisotopic (exact) mass is 248 g/mol. The Labute approximate surface area is 109 Å². The molecule has 4 nitrogen and oxygen atoms in total. The Hall–Kier alpha value is -0.900. The highest BCUT2D eigenvalue weighted by Crippen LogP contribution is 2.39. The van der Waals surface area contributed by atoms with Gasteiger partial charge in [-0.1, -0.05) is 32.1 Å². The maximum atomic E-state index is 5.99. The van der Waals surface area contributed by atoms with E-state index in [0.29, 0.717) is 12.5 Å². The molecule has 3 rings (SSSR count). The summed E-state index contributed by atoms with van der Waals surface area (Å²) in [6.45, 7) is 0.689. The summed E-state index contributed by atoms with van der Waals surface area (Å²) < 4.78 is 0. The first kappa shape index (κ1) is 12.2. The zero-order valence-corrected chi connectivity index (χ0v) is 11.1. The number of hydrogen-bond acceptors (Lipinski definition) is 3. The molecule has 2 fully saturated rings. The van der Waals surface area contributed by atoms with E-state index in [4.69, 9.17) is 10.7 Å². The average molecular weight is 248 g/mol. The van der Waals surface area contributed by atoms with Crippen LogP contribution in [0.1, 0.15) is 75.4 Å². The summed E-state index contributed by atoms with van der Waals surface area (Å²) >= 11 is 0. The molecule has 0 aromatic carbocycles. The van der Waals surface area contributed by atoms with Crippen molar-refractivity contribution in [3.8, 4) is 0 Å². The standard InChI is InChI=1S/C14H24N4/c15-10-14(8-4-5-9-14)13-16-12(17-18-13)11-6-2-1-3-7-11/h11H,1-10,15H2,(H,16,17,18). The van der Waals surface area contributed by atoms with E-state index >= 15 is 0 Å². The molecule has 0 atom stereocenters. The van der Waals surface area contributed by atoms with Gasteiger partial charge in [0.25, 0.3) is 0 Å². The van der Waals surface area contributed by atoms with Crippen LogP contribution in [0.15, 0.2) is 0 Å². The Morgan fingerprint density at radius 3 is 2.50 bits per heavy atom. The number of nitrogens with one attached hydrogen (secondary N) is 1. The number of aromatic amines is 1. The first-order valence-electron chi connectivity index (χ1n) is 7.47. The maximum absolute atomic E-state index is 5.99. The Bertz CT molecular complexity index is 386. The van der Waals surface area contributed by atoms with Gasteiger partial charge in [-0.2, -0.15) is 5.10 Å². The molecule has 1 aromatic rings. The fourth-order valence-electron chi connectivity index (χ4n) is 3.64. The lowest BCUT2D eigenvalue weighted by molar-refractivity contribution is 0.418. The summed E-state index contributed by atoms with van der Waals surface area (Å²) in [6, 6.07) is 0. The molecule has 100 valence electrons. The topological polar surface area (TPSA) is 67.6 Å². The van der Waals surface area contributed by atoms with Crippen molar-refractivity contribution in [1.82, 2.24) is 15.2 Å². The molecule has 0 unspecified atom stereocenters. The predicted molar refractivity (Wildman–Crippen MR) is 71.4 cm³/mol. The second-order valence-electron chi connectivity index (χ2n) is 6.07. The molecular formula is C14H24N4. The second-order valence-corrected chi connectivity index (χ2v) is 6.07. The van der Waals surface area contributed by atoms with Crippen LogP contribution < -0.4 is 5.73 Å². The van der Waals surface area contributed by atoms with E-state index in [-0.39, 0.29) is 5.41 Å². The van der Waals surface area contributed by atoms with Crippen molar-refractivity contribution < 1.29 is 0 Å². The third-order valence-corrected chi connectivity index (χ3v) is 4.92.